The smallest absolute Gasteiger partial charge is 0.197 e. The number of aromatic nitrogens is 1. The lowest BCUT2D eigenvalue weighted by Gasteiger charge is -2.01. The predicted octanol–water partition coefficient (Wildman–Crippen LogP) is 1.34. The largest absolute Gasteiger partial charge is 0.350 e. The highest BCUT2D eigenvalue weighted by Gasteiger charge is 1.97. The van der Waals surface area contributed by atoms with Gasteiger partial charge < -0.3 is 4.57 Å². The lowest BCUT2D eigenvalue weighted by molar-refractivity contribution is 0.948. The molecule has 1 aromatic heterocycles. The molecule has 1 radical (unpaired) electrons. The summed E-state index contributed by atoms with van der Waals surface area (Å²) in [6.07, 6.45) is 1.66. The molecule has 0 aliphatic carbocycles. The van der Waals surface area contributed by atoms with Gasteiger partial charge in [0.2, 0.25) is 0 Å². The maximum atomic E-state index is 11.3. The first kappa shape index (κ1) is 7.10. The van der Waals surface area contributed by atoms with Gasteiger partial charge in [-0.05, 0) is 12.1 Å². The summed E-state index contributed by atoms with van der Waals surface area (Å²) in [5.74, 6) is 0. The van der Waals surface area contributed by atoms with Gasteiger partial charge in [-0.3, -0.25) is 4.79 Å². The molecule has 0 N–H and O–H groups in total. The minimum absolute atomic E-state index is 0.0382. The molecule has 0 atom stereocenters. The van der Waals surface area contributed by atoms with E-state index in [2.05, 4.69) is 6.07 Å². The van der Waals surface area contributed by atoms with E-state index in [0.29, 0.717) is 0 Å². The van der Waals surface area contributed by atoms with Crippen LogP contribution in [-0.2, 0) is 7.05 Å². The molecular weight excluding hydrogens is 150 g/mol. The van der Waals surface area contributed by atoms with Crippen molar-refractivity contribution < 1.29 is 0 Å². The summed E-state index contributed by atoms with van der Waals surface area (Å²) in [6.45, 7) is 0. The van der Waals surface area contributed by atoms with Gasteiger partial charge in [-0.1, -0.05) is 12.1 Å². The van der Waals surface area contributed by atoms with Gasteiger partial charge in [0, 0.05) is 18.6 Å². The summed E-state index contributed by atoms with van der Waals surface area (Å²) in [7, 11) is 1.90. The zero-order chi connectivity index (χ0) is 8.55. The van der Waals surface area contributed by atoms with Crippen LogP contribution in [0.5, 0.6) is 0 Å². The average Bonchev–Trinajstić information content (AvgIpc) is 2.12. The second-order valence-corrected chi connectivity index (χ2v) is 2.73. The van der Waals surface area contributed by atoms with E-state index in [9.17, 15) is 4.79 Å². The van der Waals surface area contributed by atoms with Gasteiger partial charge in [0.1, 0.15) is 0 Å². The lowest BCUT2D eigenvalue weighted by Crippen LogP contribution is -2.04. The molecule has 0 amide bonds. The molecule has 0 saturated carbocycles. The van der Waals surface area contributed by atoms with Crippen molar-refractivity contribution in [2.75, 3.05) is 0 Å². The van der Waals surface area contributed by atoms with Gasteiger partial charge >= 0.3 is 0 Å². The minimum atomic E-state index is -0.0382. The first-order valence-corrected chi connectivity index (χ1v) is 3.75. The third-order valence-electron chi connectivity index (χ3n) is 1.92. The van der Waals surface area contributed by atoms with E-state index in [-0.39, 0.29) is 5.43 Å². The molecule has 1 aromatic carbocycles. The van der Waals surface area contributed by atoms with Crippen molar-refractivity contribution in [3.8, 4) is 0 Å². The first-order chi connectivity index (χ1) is 5.79. The highest BCUT2D eigenvalue weighted by atomic mass is 16.1. The van der Waals surface area contributed by atoms with Crippen LogP contribution in [0.25, 0.3) is 10.9 Å². The van der Waals surface area contributed by atoms with Crippen LogP contribution >= 0.6 is 0 Å². The summed E-state index contributed by atoms with van der Waals surface area (Å²) in [5, 5.41) is 0.725. The van der Waals surface area contributed by atoms with Crippen molar-refractivity contribution in [3.05, 3.63) is 46.8 Å². The van der Waals surface area contributed by atoms with Crippen LogP contribution in [-0.4, -0.2) is 4.57 Å². The monoisotopic (exact) mass is 158 g/mol. The number of fused-ring (bicyclic) bond motifs is 1. The molecule has 0 bridgehead atoms. The molecule has 0 aliphatic heterocycles. The summed E-state index contributed by atoms with van der Waals surface area (Å²) < 4.78 is 1.89. The van der Waals surface area contributed by atoms with Gasteiger partial charge in [-0.15, -0.1) is 0 Å². The topological polar surface area (TPSA) is 22.0 Å². The molecule has 0 fully saturated rings. The van der Waals surface area contributed by atoms with Gasteiger partial charge in [0.25, 0.3) is 0 Å². The van der Waals surface area contributed by atoms with E-state index < -0.39 is 0 Å². The highest BCUT2D eigenvalue weighted by Crippen LogP contribution is 2.06. The van der Waals surface area contributed by atoms with E-state index in [1.165, 1.54) is 0 Å². The normalized spacial score (nSPS) is 10.4. The second-order valence-electron chi connectivity index (χ2n) is 2.73. The van der Waals surface area contributed by atoms with Crippen LogP contribution in [0.2, 0.25) is 0 Å². The van der Waals surface area contributed by atoms with E-state index >= 15 is 0 Å². The number of nitrogens with zero attached hydrogens (tertiary/aromatic N) is 1. The Balaban J connectivity index is 3.05. The Morgan fingerprint density at radius 3 is 2.83 bits per heavy atom. The van der Waals surface area contributed by atoms with Gasteiger partial charge in [0.05, 0.1) is 11.6 Å². The Kier molecular flexibility index (Phi) is 1.47. The predicted molar refractivity (Wildman–Crippen MR) is 48.0 cm³/mol. The molecule has 0 aliphatic rings. The summed E-state index contributed by atoms with van der Waals surface area (Å²) in [5.41, 5.74) is 0.907. The fraction of sp³-hybridized carbons (Fsp3) is 0.100. The number of rotatable bonds is 0. The van der Waals surface area contributed by atoms with Crippen LogP contribution in [0, 0.1) is 6.07 Å². The summed E-state index contributed by atoms with van der Waals surface area (Å²) in [4.78, 5) is 11.3. The van der Waals surface area contributed by atoms with Crippen molar-refractivity contribution in [2.45, 2.75) is 0 Å². The number of hydrogen-bond donors (Lipinski definition) is 0. The molecule has 2 rings (SSSR count). The Bertz CT molecular complexity index is 470. The molecule has 2 heteroatoms. The summed E-state index contributed by atoms with van der Waals surface area (Å²) in [6, 6.07) is 10.2. The quantitative estimate of drug-likeness (QED) is 0.567. The zero-order valence-electron chi connectivity index (χ0n) is 6.74. The maximum Gasteiger partial charge on any atom is 0.197 e. The third-order valence-corrected chi connectivity index (χ3v) is 1.92. The van der Waals surface area contributed by atoms with Crippen LogP contribution in [0.15, 0.2) is 35.3 Å². The number of benzene rings is 1. The van der Waals surface area contributed by atoms with Crippen molar-refractivity contribution in [3.63, 3.8) is 0 Å². The average molecular weight is 158 g/mol. The molecule has 2 nitrogen and oxygen atoms in total. The van der Waals surface area contributed by atoms with E-state index in [0.717, 1.165) is 10.9 Å². The number of hydrogen-bond acceptors (Lipinski definition) is 1. The Morgan fingerprint density at radius 1 is 1.33 bits per heavy atom. The molecule has 12 heavy (non-hydrogen) atoms. The lowest BCUT2D eigenvalue weighted by atomic mass is 10.2. The zero-order valence-corrected chi connectivity index (χ0v) is 6.74. The third kappa shape index (κ3) is 0.925. The number of aryl methyl sites for hydroxylation is 1. The summed E-state index contributed by atoms with van der Waals surface area (Å²) >= 11 is 0. The second kappa shape index (κ2) is 2.48. The molecule has 0 spiro atoms. The van der Waals surface area contributed by atoms with Gasteiger partial charge in [0.15, 0.2) is 5.43 Å². The van der Waals surface area contributed by atoms with Crippen LogP contribution in [0.4, 0.5) is 0 Å². The molecule has 0 unspecified atom stereocenters. The van der Waals surface area contributed by atoms with E-state index in [1.807, 2.05) is 35.9 Å². The van der Waals surface area contributed by atoms with Gasteiger partial charge in [-0.25, -0.2) is 0 Å². The molecular formula is C10H8NO. The van der Waals surface area contributed by atoms with Crippen molar-refractivity contribution in [2.24, 2.45) is 7.05 Å². The number of pyridine rings is 1. The van der Waals surface area contributed by atoms with E-state index in [4.69, 9.17) is 0 Å². The van der Waals surface area contributed by atoms with Crippen LogP contribution in [0.1, 0.15) is 0 Å². The van der Waals surface area contributed by atoms with Crippen LogP contribution in [0.3, 0.4) is 0 Å². The van der Waals surface area contributed by atoms with Crippen molar-refractivity contribution in [1.29, 1.82) is 0 Å². The van der Waals surface area contributed by atoms with Crippen LogP contribution < -0.4 is 5.43 Å². The fourth-order valence-electron chi connectivity index (χ4n) is 1.28. The van der Waals surface area contributed by atoms with Crippen molar-refractivity contribution in [1.82, 2.24) is 4.57 Å². The van der Waals surface area contributed by atoms with Crippen molar-refractivity contribution >= 4 is 10.9 Å². The Morgan fingerprint density at radius 2 is 2.08 bits per heavy atom. The van der Waals surface area contributed by atoms with Gasteiger partial charge in [-0.2, -0.15) is 0 Å². The maximum absolute atomic E-state index is 11.3. The van der Waals surface area contributed by atoms with E-state index in [1.54, 1.807) is 6.20 Å². The minimum Gasteiger partial charge on any atom is -0.350 e. The molecule has 2 aromatic rings. The standard InChI is InChI=1S/C10H8NO/c1-11-7-6-10(12)8-4-2-3-5-9(8)11/h2-5,7H,1H3. The Labute approximate surface area is 70.1 Å². The SMILES string of the molecule is Cn1c[c]c(=O)c2ccccc21. The first-order valence-electron chi connectivity index (χ1n) is 3.75. The fourth-order valence-corrected chi connectivity index (χ4v) is 1.28. The molecule has 1 heterocycles. The highest BCUT2D eigenvalue weighted by molar-refractivity contribution is 5.78. The Hall–Kier alpha value is -1.57. The molecule has 0 saturated heterocycles. The number of para-hydroxylation sites is 1. The molecule has 59 valence electrons.